The van der Waals surface area contributed by atoms with Gasteiger partial charge in [0.05, 0.1) is 18.8 Å². The molecule has 0 radical (unpaired) electrons. The zero-order valence-corrected chi connectivity index (χ0v) is 11.2. The van der Waals surface area contributed by atoms with Crippen molar-refractivity contribution in [3.63, 3.8) is 0 Å². The van der Waals surface area contributed by atoms with Crippen LogP contribution in [0.2, 0.25) is 0 Å². The molecule has 0 spiro atoms. The van der Waals surface area contributed by atoms with Crippen molar-refractivity contribution < 1.29 is 9.90 Å². The maximum absolute atomic E-state index is 11.8. The molecule has 0 saturated heterocycles. The van der Waals surface area contributed by atoms with Crippen molar-refractivity contribution in [3.8, 4) is 0 Å². The van der Waals surface area contributed by atoms with Gasteiger partial charge in [0, 0.05) is 24.9 Å². The van der Waals surface area contributed by atoms with Crippen LogP contribution in [0.1, 0.15) is 17.2 Å². The molecule has 0 bridgehead atoms. The number of carbonyl (C=O) groups excluding carboxylic acids is 1. The SMILES string of the molecule is Cn1cc(/C=C/C(=O)N[C@@H](CO)c2ccccc2)cn1. The van der Waals surface area contributed by atoms with Gasteiger partial charge in [0.15, 0.2) is 0 Å². The van der Waals surface area contributed by atoms with E-state index in [0.29, 0.717) is 0 Å². The van der Waals surface area contributed by atoms with E-state index in [-0.39, 0.29) is 12.5 Å². The summed E-state index contributed by atoms with van der Waals surface area (Å²) in [5.41, 5.74) is 1.72. The number of hydrogen-bond donors (Lipinski definition) is 2. The van der Waals surface area contributed by atoms with Gasteiger partial charge in [-0.1, -0.05) is 30.3 Å². The fraction of sp³-hybridized carbons (Fsp3) is 0.200. The van der Waals surface area contributed by atoms with Gasteiger partial charge in [0.25, 0.3) is 0 Å². The molecule has 1 heterocycles. The first-order valence-corrected chi connectivity index (χ1v) is 6.32. The summed E-state index contributed by atoms with van der Waals surface area (Å²) in [5, 5.41) is 16.1. The molecule has 5 nitrogen and oxygen atoms in total. The van der Waals surface area contributed by atoms with Gasteiger partial charge in [-0.3, -0.25) is 9.48 Å². The first kappa shape index (κ1) is 14.0. The van der Waals surface area contributed by atoms with E-state index < -0.39 is 6.04 Å². The topological polar surface area (TPSA) is 67.2 Å². The second-order valence-corrected chi connectivity index (χ2v) is 4.44. The van der Waals surface area contributed by atoms with Crippen molar-refractivity contribution in [1.82, 2.24) is 15.1 Å². The standard InChI is InChI=1S/C15H17N3O2/c1-18-10-12(9-16-18)7-8-15(20)17-14(11-19)13-5-3-2-4-6-13/h2-10,14,19H,11H2,1H3,(H,17,20)/b8-7+/t14-/m0/s1. The lowest BCUT2D eigenvalue weighted by atomic mass is 10.1. The number of nitrogens with zero attached hydrogens (tertiary/aromatic N) is 2. The van der Waals surface area contributed by atoms with E-state index in [2.05, 4.69) is 10.4 Å². The van der Waals surface area contributed by atoms with Crippen LogP contribution in [-0.2, 0) is 11.8 Å². The first-order chi connectivity index (χ1) is 9.69. The lowest BCUT2D eigenvalue weighted by molar-refractivity contribution is -0.117. The highest BCUT2D eigenvalue weighted by molar-refractivity contribution is 5.91. The molecule has 1 aromatic carbocycles. The third-order valence-corrected chi connectivity index (χ3v) is 2.85. The number of nitrogens with one attached hydrogen (secondary N) is 1. The minimum atomic E-state index is -0.401. The van der Waals surface area contributed by atoms with E-state index in [1.165, 1.54) is 6.08 Å². The van der Waals surface area contributed by atoms with Crippen molar-refractivity contribution in [1.29, 1.82) is 0 Å². The number of aliphatic hydroxyl groups excluding tert-OH is 1. The molecule has 20 heavy (non-hydrogen) atoms. The third kappa shape index (κ3) is 3.80. The smallest absolute Gasteiger partial charge is 0.244 e. The van der Waals surface area contributed by atoms with Gasteiger partial charge in [-0.15, -0.1) is 0 Å². The van der Waals surface area contributed by atoms with E-state index in [1.54, 1.807) is 17.0 Å². The van der Waals surface area contributed by atoms with Crippen molar-refractivity contribution in [3.05, 3.63) is 59.9 Å². The predicted molar refractivity (Wildman–Crippen MR) is 76.7 cm³/mol. The monoisotopic (exact) mass is 271 g/mol. The highest BCUT2D eigenvalue weighted by Gasteiger charge is 2.11. The Morgan fingerprint density at radius 3 is 2.80 bits per heavy atom. The molecule has 1 atom stereocenters. The highest BCUT2D eigenvalue weighted by Crippen LogP contribution is 2.11. The lowest BCUT2D eigenvalue weighted by Gasteiger charge is -2.15. The van der Waals surface area contributed by atoms with Crippen LogP contribution < -0.4 is 5.32 Å². The second kappa shape index (κ2) is 6.68. The number of benzene rings is 1. The molecule has 0 aliphatic carbocycles. The van der Waals surface area contributed by atoms with Gasteiger partial charge >= 0.3 is 0 Å². The molecular weight excluding hydrogens is 254 g/mol. The number of aromatic nitrogens is 2. The second-order valence-electron chi connectivity index (χ2n) is 4.44. The molecule has 1 aromatic heterocycles. The van der Waals surface area contributed by atoms with Gasteiger partial charge in [0.1, 0.15) is 0 Å². The lowest BCUT2D eigenvalue weighted by Crippen LogP contribution is -2.29. The summed E-state index contributed by atoms with van der Waals surface area (Å²) in [6.45, 7) is -0.142. The Morgan fingerprint density at radius 2 is 2.20 bits per heavy atom. The summed E-state index contributed by atoms with van der Waals surface area (Å²) in [7, 11) is 1.81. The first-order valence-electron chi connectivity index (χ1n) is 6.32. The molecule has 0 unspecified atom stereocenters. The number of aliphatic hydroxyl groups is 1. The van der Waals surface area contributed by atoms with Crippen LogP contribution in [-0.4, -0.2) is 27.4 Å². The number of hydrogen-bond acceptors (Lipinski definition) is 3. The maximum Gasteiger partial charge on any atom is 0.244 e. The molecule has 104 valence electrons. The molecule has 0 aliphatic rings. The van der Waals surface area contributed by atoms with E-state index in [4.69, 9.17) is 0 Å². The Bertz CT molecular complexity index is 590. The van der Waals surface area contributed by atoms with E-state index in [1.807, 2.05) is 43.6 Å². The minimum Gasteiger partial charge on any atom is -0.394 e. The minimum absolute atomic E-state index is 0.142. The normalized spacial score (nSPS) is 12.5. The third-order valence-electron chi connectivity index (χ3n) is 2.85. The Kier molecular flexibility index (Phi) is 4.68. The Labute approximate surface area is 117 Å². The fourth-order valence-electron chi connectivity index (χ4n) is 1.84. The van der Waals surface area contributed by atoms with Crippen molar-refractivity contribution in [2.75, 3.05) is 6.61 Å². The summed E-state index contributed by atoms with van der Waals surface area (Å²) in [5.74, 6) is -0.253. The largest absolute Gasteiger partial charge is 0.394 e. The van der Waals surface area contributed by atoms with Gasteiger partial charge in [0.2, 0.25) is 5.91 Å². The zero-order valence-electron chi connectivity index (χ0n) is 11.2. The number of aryl methyl sites for hydroxylation is 1. The number of carbonyl (C=O) groups is 1. The molecular formula is C15H17N3O2. The number of amides is 1. The average Bonchev–Trinajstić information content (AvgIpc) is 2.89. The van der Waals surface area contributed by atoms with Crippen molar-refractivity contribution >= 4 is 12.0 Å². The van der Waals surface area contributed by atoms with Gasteiger partial charge in [-0.2, -0.15) is 5.10 Å². The molecule has 0 saturated carbocycles. The fourth-order valence-corrected chi connectivity index (χ4v) is 1.84. The van der Waals surface area contributed by atoms with Crippen LogP contribution in [0.3, 0.4) is 0 Å². The summed E-state index contributed by atoms with van der Waals surface area (Å²) in [6, 6.07) is 8.97. The Hall–Kier alpha value is -2.40. The van der Waals surface area contributed by atoms with Crippen LogP contribution in [0.25, 0.3) is 6.08 Å². The van der Waals surface area contributed by atoms with Gasteiger partial charge in [-0.05, 0) is 11.6 Å². The van der Waals surface area contributed by atoms with E-state index in [0.717, 1.165) is 11.1 Å². The molecule has 5 heteroatoms. The summed E-state index contributed by atoms with van der Waals surface area (Å²) >= 11 is 0. The summed E-state index contributed by atoms with van der Waals surface area (Å²) in [6.07, 6.45) is 6.60. The maximum atomic E-state index is 11.8. The Morgan fingerprint density at radius 1 is 1.45 bits per heavy atom. The highest BCUT2D eigenvalue weighted by atomic mass is 16.3. The van der Waals surface area contributed by atoms with Gasteiger partial charge in [-0.25, -0.2) is 0 Å². The van der Waals surface area contributed by atoms with Crippen LogP contribution in [0.5, 0.6) is 0 Å². The van der Waals surface area contributed by atoms with Crippen molar-refractivity contribution in [2.24, 2.45) is 7.05 Å². The average molecular weight is 271 g/mol. The molecule has 2 aromatic rings. The molecule has 1 amide bonds. The van der Waals surface area contributed by atoms with Crippen molar-refractivity contribution in [2.45, 2.75) is 6.04 Å². The van der Waals surface area contributed by atoms with E-state index >= 15 is 0 Å². The van der Waals surface area contributed by atoms with Crippen LogP contribution in [0, 0.1) is 0 Å². The summed E-state index contributed by atoms with van der Waals surface area (Å²) in [4.78, 5) is 11.8. The Balaban J connectivity index is 1.98. The van der Waals surface area contributed by atoms with Crippen LogP contribution in [0.15, 0.2) is 48.8 Å². The quantitative estimate of drug-likeness (QED) is 0.805. The molecule has 0 aliphatic heterocycles. The molecule has 2 N–H and O–H groups in total. The van der Waals surface area contributed by atoms with Crippen LogP contribution in [0.4, 0.5) is 0 Å². The zero-order chi connectivity index (χ0) is 14.4. The van der Waals surface area contributed by atoms with Crippen LogP contribution >= 0.6 is 0 Å². The molecule has 2 rings (SSSR count). The summed E-state index contributed by atoms with van der Waals surface area (Å²) < 4.78 is 1.66. The van der Waals surface area contributed by atoms with Gasteiger partial charge < -0.3 is 10.4 Å². The predicted octanol–water partition coefficient (Wildman–Crippen LogP) is 1.28. The molecule has 0 fully saturated rings. The van der Waals surface area contributed by atoms with E-state index in [9.17, 15) is 9.90 Å². The number of rotatable bonds is 5.